The molecule has 8 heteroatoms. The number of hydrogen-bond donors (Lipinski definition) is 0. The Balaban J connectivity index is 1.34. The smallest absolute Gasteiger partial charge is 0.254 e. The molecule has 1 aliphatic heterocycles. The number of piperazine rings is 1. The van der Waals surface area contributed by atoms with E-state index in [0.717, 1.165) is 22.8 Å². The molecule has 1 saturated heterocycles. The van der Waals surface area contributed by atoms with Gasteiger partial charge >= 0.3 is 0 Å². The van der Waals surface area contributed by atoms with Crippen molar-refractivity contribution in [2.45, 2.75) is 19.9 Å². The van der Waals surface area contributed by atoms with E-state index in [1.807, 2.05) is 73.3 Å². The van der Waals surface area contributed by atoms with Crippen molar-refractivity contribution < 1.29 is 14.3 Å². The molecule has 0 saturated carbocycles. The highest BCUT2D eigenvalue weighted by Gasteiger charge is 2.27. The lowest BCUT2D eigenvalue weighted by atomic mass is 10.1. The van der Waals surface area contributed by atoms with Crippen LogP contribution >= 0.6 is 0 Å². The SMILES string of the molecule is COc1cccc(-c2ccc(N3CCN(C(=O)CN(C(=O)c4ccccc4)C(C)C)CC3)nn2)c1. The van der Waals surface area contributed by atoms with Crippen LogP contribution in [0.25, 0.3) is 11.3 Å². The first-order valence-electron chi connectivity index (χ1n) is 11.8. The Kier molecular flexibility index (Phi) is 7.60. The number of hydrogen-bond acceptors (Lipinski definition) is 6. The fraction of sp³-hybridized carbons (Fsp3) is 0.333. The third-order valence-electron chi connectivity index (χ3n) is 6.18. The molecule has 1 aliphatic rings. The summed E-state index contributed by atoms with van der Waals surface area (Å²) in [5.41, 5.74) is 2.31. The summed E-state index contributed by atoms with van der Waals surface area (Å²) in [5, 5.41) is 8.80. The first-order valence-corrected chi connectivity index (χ1v) is 11.8. The van der Waals surface area contributed by atoms with E-state index in [1.165, 1.54) is 0 Å². The number of amides is 2. The Morgan fingerprint density at radius 1 is 0.943 bits per heavy atom. The highest BCUT2D eigenvalue weighted by Crippen LogP contribution is 2.23. The predicted molar refractivity (Wildman–Crippen MR) is 135 cm³/mol. The van der Waals surface area contributed by atoms with Crippen molar-refractivity contribution in [2.24, 2.45) is 0 Å². The van der Waals surface area contributed by atoms with E-state index in [0.29, 0.717) is 31.7 Å². The Hall–Kier alpha value is -3.94. The molecule has 1 aromatic heterocycles. The quantitative estimate of drug-likeness (QED) is 0.524. The van der Waals surface area contributed by atoms with Crippen LogP contribution in [-0.4, -0.2) is 77.7 Å². The maximum Gasteiger partial charge on any atom is 0.254 e. The molecule has 1 fully saturated rings. The van der Waals surface area contributed by atoms with Gasteiger partial charge in [-0.25, -0.2) is 0 Å². The summed E-state index contributed by atoms with van der Waals surface area (Å²) < 4.78 is 5.29. The van der Waals surface area contributed by atoms with Crippen LogP contribution in [0.4, 0.5) is 5.82 Å². The highest BCUT2D eigenvalue weighted by molar-refractivity contribution is 5.96. The van der Waals surface area contributed by atoms with Crippen LogP contribution in [0.2, 0.25) is 0 Å². The summed E-state index contributed by atoms with van der Waals surface area (Å²) in [6.45, 7) is 6.40. The average Bonchev–Trinajstić information content (AvgIpc) is 2.91. The maximum atomic E-state index is 13.0. The van der Waals surface area contributed by atoms with Crippen LogP contribution < -0.4 is 9.64 Å². The lowest BCUT2D eigenvalue weighted by Gasteiger charge is -2.36. The van der Waals surface area contributed by atoms with Gasteiger partial charge in [-0.3, -0.25) is 9.59 Å². The lowest BCUT2D eigenvalue weighted by Crippen LogP contribution is -2.53. The zero-order chi connectivity index (χ0) is 24.8. The zero-order valence-corrected chi connectivity index (χ0v) is 20.4. The summed E-state index contributed by atoms with van der Waals surface area (Å²) >= 11 is 0. The number of carbonyl (C=O) groups is 2. The number of methoxy groups -OCH3 is 1. The zero-order valence-electron chi connectivity index (χ0n) is 20.4. The summed E-state index contributed by atoms with van der Waals surface area (Å²) in [6.07, 6.45) is 0. The fourth-order valence-electron chi connectivity index (χ4n) is 4.10. The number of carbonyl (C=O) groups excluding carboxylic acids is 2. The van der Waals surface area contributed by atoms with Gasteiger partial charge in [0, 0.05) is 43.3 Å². The van der Waals surface area contributed by atoms with Crippen molar-refractivity contribution in [2.75, 3.05) is 44.7 Å². The second kappa shape index (κ2) is 11.0. The minimum absolute atomic E-state index is 0.0397. The van der Waals surface area contributed by atoms with Gasteiger partial charge in [0.2, 0.25) is 5.91 Å². The highest BCUT2D eigenvalue weighted by atomic mass is 16.5. The Bertz CT molecular complexity index is 1140. The molecule has 35 heavy (non-hydrogen) atoms. The number of rotatable bonds is 7. The number of ether oxygens (including phenoxy) is 1. The van der Waals surface area contributed by atoms with Gasteiger partial charge in [0.25, 0.3) is 5.91 Å². The van der Waals surface area contributed by atoms with Crippen LogP contribution in [0.15, 0.2) is 66.7 Å². The third-order valence-corrected chi connectivity index (χ3v) is 6.18. The molecular formula is C27H31N5O3. The number of benzene rings is 2. The molecule has 0 atom stereocenters. The Labute approximate surface area is 206 Å². The van der Waals surface area contributed by atoms with E-state index in [4.69, 9.17) is 4.74 Å². The van der Waals surface area contributed by atoms with Crippen LogP contribution in [0.5, 0.6) is 5.75 Å². The van der Waals surface area contributed by atoms with E-state index in [1.54, 1.807) is 24.1 Å². The molecule has 8 nitrogen and oxygen atoms in total. The van der Waals surface area contributed by atoms with Gasteiger partial charge in [-0.15, -0.1) is 10.2 Å². The second-order valence-electron chi connectivity index (χ2n) is 8.77. The van der Waals surface area contributed by atoms with Crippen LogP contribution in [-0.2, 0) is 4.79 Å². The number of nitrogens with zero attached hydrogens (tertiary/aromatic N) is 5. The van der Waals surface area contributed by atoms with Crippen LogP contribution in [0, 0.1) is 0 Å². The monoisotopic (exact) mass is 473 g/mol. The maximum absolute atomic E-state index is 13.0. The fourth-order valence-corrected chi connectivity index (χ4v) is 4.10. The van der Waals surface area contributed by atoms with Crippen molar-refractivity contribution in [1.29, 1.82) is 0 Å². The van der Waals surface area contributed by atoms with E-state index in [2.05, 4.69) is 15.1 Å². The molecule has 4 rings (SSSR count). The molecule has 2 aromatic carbocycles. The molecule has 2 heterocycles. The molecule has 0 spiro atoms. The molecule has 182 valence electrons. The van der Waals surface area contributed by atoms with E-state index in [-0.39, 0.29) is 24.4 Å². The predicted octanol–water partition coefficient (Wildman–Crippen LogP) is 3.35. The molecular weight excluding hydrogens is 442 g/mol. The largest absolute Gasteiger partial charge is 0.497 e. The normalized spacial score (nSPS) is 13.6. The molecule has 0 bridgehead atoms. The molecule has 0 aliphatic carbocycles. The Morgan fingerprint density at radius 2 is 1.69 bits per heavy atom. The summed E-state index contributed by atoms with van der Waals surface area (Å²) in [6, 6.07) is 20.6. The van der Waals surface area contributed by atoms with Crippen molar-refractivity contribution in [3.63, 3.8) is 0 Å². The molecule has 0 unspecified atom stereocenters. The Morgan fingerprint density at radius 3 is 2.31 bits per heavy atom. The summed E-state index contributed by atoms with van der Waals surface area (Å²) in [7, 11) is 1.64. The minimum Gasteiger partial charge on any atom is -0.497 e. The van der Waals surface area contributed by atoms with Gasteiger partial charge in [0.05, 0.1) is 12.8 Å². The van der Waals surface area contributed by atoms with Crippen molar-refractivity contribution in [1.82, 2.24) is 20.0 Å². The topological polar surface area (TPSA) is 78.9 Å². The summed E-state index contributed by atoms with van der Waals surface area (Å²) in [4.78, 5) is 31.5. The van der Waals surface area contributed by atoms with Crippen molar-refractivity contribution in [3.05, 3.63) is 72.3 Å². The standard InChI is InChI=1S/C27H31N5O3/c1-20(2)32(27(34)21-8-5-4-6-9-21)19-26(33)31-16-14-30(15-17-31)25-13-12-24(28-29-25)22-10-7-11-23(18-22)35-3/h4-13,18,20H,14-17,19H2,1-3H3. The minimum atomic E-state index is -0.126. The number of anilines is 1. The third kappa shape index (κ3) is 5.77. The lowest BCUT2D eigenvalue weighted by molar-refractivity contribution is -0.132. The molecule has 0 N–H and O–H groups in total. The molecule has 0 radical (unpaired) electrons. The van der Waals surface area contributed by atoms with Gasteiger partial charge in [-0.05, 0) is 50.2 Å². The van der Waals surface area contributed by atoms with Crippen LogP contribution in [0.3, 0.4) is 0 Å². The van der Waals surface area contributed by atoms with Gasteiger partial charge in [-0.2, -0.15) is 0 Å². The van der Waals surface area contributed by atoms with E-state index in [9.17, 15) is 9.59 Å². The number of aromatic nitrogens is 2. The second-order valence-corrected chi connectivity index (χ2v) is 8.77. The van der Waals surface area contributed by atoms with Crippen molar-refractivity contribution in [3.8, 4) is 17.0 Å². The van der Waals surface area contributed by atoms with Gasteiger partial charge in [0.1, 0.15) is 12.3 Å². The van der Waals surface area contributed by atoms with Gasteiger partial charge in [0.15, 0.2) is 5.82 Å². The summed E-state index contributed by atoms with van der Waals surface area (Å²) in [5.74, 6) is 1.39. The van der Waals surface area contributed by atoms with Gasteiger partial charge < -0.3 is 19.4 Å². The van der Waals surface area contributed by atoms with E-state index < -0.39 is 0 Å². The molecule has 2 amide bonds. The van der Waals surface area contributed by atoms with Crippen molar-refractivity contribution >= 4 is 17.6 Å². The van der Waals surface area contributed by atoms with Crippen LogP contribution in [0.1, 0.15) is 24.2 Å². The average molecular weight is 474 g/mol. The molecule has 3 aromatic rings. The van der Waals surface area contributed by atoms with E-state index >= 15 is 0 Å². The first-order chi connectivity index (χ1) is 17.0. The first kappa shape index (κ1) is 24.2. The van der Waals surface area contributed by atoms with Gasteiger partial charge in [-0.1, -0.05) is 30.3 Å².